The van der Waals surface area contributed by atoms with Gasteiger partial charge in [-0.3, -0.25) is 10.1 Å². The topological polar surface area (TPSA) is 72.1 Å². The number of rotatable bonds is 11. The van der Waals surface area contributed by atoms with Crippen LogP contribution in [0.25, 0.3) is 0 Å². The molecule has 0 aromatic heterocycles. The third-order valence-corrected chi connectivity index (χ3v) is 6.71. The van der Waals surface area contributed by atoms with Crippen molar-refractivity contribution < 1.29 is 19.0 Å². The fraction of sp³-hybridized carbons (Fsp3) is 0.720. The van der Waals surface area contributed by atoms with Crippen LogP contribution in [0.15, 0.2) is 24.3 Å². The van der Waals surface area contributed by atoms with E-state index in [2.05, 4.69) is 31.4 Å². The minimum absolute atomic E-state index is 0.0173. The number of benzene rings is 1. The number of ether oxygens (including phenoxy) is 3. The Kier molecular flexibility index (Phi) is 10.9. The van der Waals surface area contributed by atoms with Crippen LogP contribution >= 0.6 is 11.6 Å². The van der Waals surface area contributed by atoms with Crippen LogP contribution in [0, 0.1) is 5.92 Å². The lowest BCUT2D eigenvalue weighted by atomic mass is 10.0. The number of hydrogen-bond acceptors (Lipinski definition) is 6. The van der Waals surface area contributed by atoms with Crippen LogP contribution in [0.3, 0.4) is 0 Å². The van der Waals surface area contributed by atoms with Gasteiger partial charge in [0.25, 0.3) is 0 Å². The average molecular weight is 482 g/mol. The van der Waals surface area contributed by atoms with Crippen LogP contribution in [0.5, 0.6) is 0 Å². The second-order valence-electron chi connectivity index (χ2n) is 9.23. The van der Waals surface area contributed by atoms with Gasteiger partial charge in [0, 0.05) is 24.7 Å². The Hall–Kier alpha value is -1.22. The number of likely N-dealkylation sites (tertiary alicyclic amines) is 1. The molecule has 8 heteroatoms. The molecule has 2 fully saturated rings. The molecule has 1 aromatic carbocycles. The lowest BCUT2D eigenvalue weighted by molar-refractivity contribution is -0.191. The maximum Gasteiger partial charge on any atom is 0.241 e. The molecule has 2 aliphatic rings. The Morgan fingerprint density at radius 3 is 2.88 bits per heavy atom. The molecule has 1 amide bonds. The van der Waals surface area contributed by atoms with Crippen LogP contribution in [0.1, 0.15) is 58.4 Å². The highest BCUT2D eigenvalue weighted by Crippen LogP contribution is 2.22. The van der Waals surface area contributed by atoms with E-state index in [1.807, 2.05) is 29.2 Å². The number of amides is 1. The molecule has 3 rings (SSSR count). The van der Waals surface area contributed by atoms with Crippen molar-refractivity contribution in [2.45, 2.75) is 84.0 Å². The zero-order valence-electron chi connectivity index (χ0n) is 20.2. The minimum atomic E-state index is -0.365. The van der Waals surface area contributed by atoms with Crippen LogP contribution < -0.4 is 10.6 Å². The average Bonchev–Trinajstić information content (AvgIpc) is 3.15. The Morgan fingerprint density at radius 2 is 2.12 bits per heavy atom. The van der Waals surface area contributed by atoms with Gasteiger partial charge in [-0.05, 0) is 43.2 Å². The number of carbonyl (C=O) groups is 1. The van der Waals surface area contributed by atoms with E-state index in [1.165, 1.54) is 0 Å². The molecule has 0 radical (unpaired) electrons. The Bertz CT molecular complexity index is 735. The van der Waals surface area contributed by atoms with E-state index in [0.717, 1.165) is 44.2 Å². The normalized spacial score (nSPS) is 24.8. The molecule has 2 aliphatic heterocycles. The largest absolute Gasteiger partial charge is 0.355 e. The zero-order valence-corrected chi connectivity index (χ0v) is 21.0. The molecule has 4 atom stereocenters. The first-order chi connectivity index (χ1) is 16.0. The lowest BCUT2D eigenvalue weighted by Gasteiger charge is -2.35. The molecule has 0 unspecified atom stereocenters. The predicted molar refractivity (Wildman–Crippen MR) is 130 cm³/mol. The fourth-order valence-electron chi connectivity index (χ4n) is 4.41. The molecule has 2 N–H and O–H groups in total. The first kappa shape index (κ1) is 26.4. The summed E-state index contributed by atoms with van der Waals surface area (Å²) in [5.74, 6) is 0.280. The highest BCUT2D eigenvalue weighted by molar-refractivity contribution is 6.31. The zero-order chi connectivity index (χ0) is 23.6. The van der Waals surface area contributed by atoms with Crippen molar-refractivity contribution in [3.05, 3.63) is 34.9 Å². The molecule has 0 bridgehead atoms. The molecule has 0 saturated carbocycles. The summed E-state index contributed by atoms with van der Waals surface area (Å²) in [5.41, 5.74) is 0.997. The summed E-state index contributed by atoms with van der Waals surface area (Å²) in [5, 5.41) is 7.84. The molecule has 0 spiro atoms. The van der Waals surface area contributed by atoms with Gasteiger partial charge in [-0.1, -0.05) is 57.0 Å². The van der Waals surface area contributed by atoms with E-state index < -0.39 is 0 Å². The van der Waals surface area contributed by atoms with Crippen LogP contribution in [-0.4, -0.2) is 61.9 Å². The number of halogens is 1. The molecular formula is C25H40ClN3O4. The lowest BCUT2D eigenvalue weighted by Crippen LogP contribution is -2.57. The summed E-state index contributed by atoms with van der Waals surface area (Å²) in [7, 11) is 0. The van der Waals surface area contributed by atoms with Crippen molar-refractivity contribution in [3.8, 4) is 0 Å². The third kappa shape index (κ3) is 7.64. The Balaban J connectivity index is 1.63. The Morgan fingerprint density at radius 1 is 1.30 bits per heavy atom. The van der Waals surface area contributed by atoms with Crippen molar-refractivity contribution >= 4 is 17.5 Å². The summed E-state index contributed by atoms with van der Waals surface area (Å²) in [6.45, 7) is 9.12. The van der Waals surface area contributed by atoms with E-state index in [1.54, 1.807) is 0 Å². The quantitative estimate of drug-likeness (QED) is 0.467. The van der Waals surface area contributed by atoms with E-state index in [-0.39, 0.29) is 43.2 Å². The number of nitrogens with one attached hydrogen (secondary N) is 2. The monoisotopic (exact) mass is 481 g/mol. The minimum Gasteiger partial charge on any atom is -0.355 e. The molecule has 186 valence electrons. The van der Waals surface area contributed by atoms with Gasteiger partial charge in [0.2, 0.25) is 5.91 Å². The van der Waals surface area contributed by atoms with E-state index in [4.69, 9.17) is 25.8 Å². The smallest absolute Gasteiger partial charge is 0.241 e. The van der Waals surface area contributed by atoms with Gasteiger partial charge in [0.15, 0.2) is 6.29 Å². The summed E-state index contributed by atoms with van der Waals surface area (Å²) in [4.78, 5) is 15.6. The maximum atomic E-state index is 13.6. The highest BCUT2D eigenvalue weighted by Gasteiger charge is 2.37. The number of unbranched alkanes of at least 4 members (excludes halogenated alkanes) is 1. The van der Waals surface area contributed by atoms with Crippen LogP contribution in [0.2, 0.25) is 5.02 Å². The molecular weight excluding hydrogens is 442 g/mol. The maximum absolute atomic E-state index is 13.6. The van der Waals surface area contributed by atoms with Gasteiger partial charge < -0.3 is 24.4 Å². The second kappa shape index (κ2) is 13.6. The van der Waals surface area contributed by atoms with Crippen molar-refractivity contribution in [2.24, 2.45) is 5.92 Å². The van der Waals surface area contributed by atoms with Gasteiger partial charge in [-0.15, -0.1) is 0 Å². The number of carbonyl (C=O) groups excluding carboxylic acids is 1. The number of nitrogens with zero attached hydrogens (tertiary/aromatic N) is 1. The van der Waals surface area contributed by atoms with Crippen LogP contribution in [0.4, 0.5) is 0 Å². The van der Waals surface area contributed by atoms with Gasteiger partial charge in [0.05, 0.1) is 24.9 Å². The molecule has 2 saturated heterocycles. The fourth-order valence-corrected chi connectivity index (χ4v) is 4.61. The standard InChI is InChI=1S/C25H40ClN3O4/c1-4-5-14-32-25-21(12-15-31-17-33-25)28-22-11-8-13-29(22)24(30)23(18(2)3)27-16-19-9-6-7-10-20(19)26/h6-7,9-10,18,21-23,25,27-28H,4-5,8,11-17H2,1-3H3/t21-,22-,23-,25-/m0/s1. The first-order valence-electron chi connectivity index (χ1n) is 12.4. The van der Waals surface area contributed by atoms with Gasteiger partial charge in [-0.2, -0.15) is 0 Å². The van der Waals surface area contributed by atoms with Crippen molar-refractivity contribution in [2.75, 3.05) is 26.6 Å². The predicted octanol–water partition coefficient (Wildman–Crippen LogP) is 3.90. The van der Waals surface area contributed by atoms with E-state index in [9.17, 15) is 4.79 Å². The SMILES string of the molecule is CCCCO[C@H]1OCOCC[C@@H]1N[C@@H]1CCCN1C(=O)[C@@H](NCc1ccccc1Cl)C(C)C. The van der Waals surface area contributed by atoms with E-state index >= 15 is 0 Å². The van der Waals surface area contributed by atoms with Gasteiger partial charge in [-0.25, -0.2) is 0 Å². The molecule has 0 aliphatic carbocycles. The molecule has 2 heterocycles. The second-order valence-corrected chi connectivity index (χ2v) is 9.64. The summed E-state index contributed by atoms with van der Waals surface area (Å²) in [6, 6.07) is 7.45. The molecule has 33 heavy (non-hydrogen) atoms. The van der Waals surface area contributed by atoms with E-state index in [0.29, 0.717) is 24.8 Å². The van der Waals surface area contributed by atoms with Gasteiger partial charge in [0.1, 0.15) is 6.79 Å². The number of hydrogen-bond donors (Lipinski definition) is 2. The van der Waals surface area contributed by atoms with Crippen LogP contribution in [-0.2, 0) is 25.5 Å². The summed E-state index contributed by atoms with van der Waals surface area (Å²) >= 11 is 6.32. The summed E-state index contributed by atoms with van der Waals surface area (Å²) in [6.07, 6.45) is 4.34. The van der Waals surface area contributed by atoms with Crippen molar-refractivity contribution in [1.82, 2.24) is 15.5 Å². The van der Waals surface area contributed by atoms with Crippen molar-refractivity contribution in [1.29, 1.82) is 0 Å². The summed E-state index contributed by atoms with van der Waals surface area (Å²) < 4.78 is 17.3. The third-order valence-electron chi connectivity index (χ3n) is 6.34. The first-order valence-corrected chi connectivity index (χ1v) is 12.7. The highest BCUT2D eigenvalue weighted by atomic mass is 35.5. The Labute approximate surface area is 203 Å². The molecule has 1 aromatic rings. The molecule has 7 nitrogen and oxygen atoms in total. The van der Waals surface area contributed by atoms with Crippen molar-refractivity contribution in [3.63, 3.8) is 0 Å². The van der Waals surface area contributed by atoms with Gasteiger partial charge >= 0.3 is 0 Å².